The van der Waals surface area contributed by atoms with Crippen LogP contribution >= 0.6 is 0 Å². The van der Waals surface area contributed by atoms with Crippen LogP contribution < -0.4 is 5.32 Å². The first-order valence-corrected chi connectivity index (χ1v) is 5.07. The van der Waals surface area contributed by atoms with Gasteiger partial charge in [-0.15, -0.1) is 0 Å². The number of allylic oxidation sites excluding steroid dienone is 2. The van der Waals surface area contributed by atoms with Crippen LogP contribution in [0.15, 0.2) is 17.1 Å². The molecule has 0 aromatic carbocycles. The van der Waals surface area contributed by atoms with E-state index in [1.807, 2.05) is 20.3 Å². The zero-order valence-electron chi connectivity index (χ0n) is 8.90. The first-order chi connectivity index (χ1) is 6.81. The standard InChI is InChI=1S/C10H11N.C2H7N/c1-2-11-7-10-6-8-3-4-9(10)5-8;1-3-2/h1,3-4,7-10H,5-6H2;3H,1-2H3. The average Bonchev–Trinajstić information content (AvgIpc) is 2.77. The summed E-state index contributed by atoms with van der Waals surface area (Å²) in [5.74, 6) is 2.17. The van der Waals surface area contributed by atoms with E-state index in [1.165, 1.54) is 12.8 Å². The maximum Gasteiger partial charge on any atom is 0.0298 e. The third-order valence-electron chi connectivity index (χ3n) is 2.67. The molecule has 0 spiro atoms. The zero-order valence-corrected chi connectivity index (χ0v) is 8.90. The Hall–Kier alpha value is -1.07. The second-order valence-electron chi connectivity index (χ2n) is 3.85. The van der Waals surface area contributed by atoms with Crippen LogP contribution in [0.4, 0.5) is 0 Å². The van der Waals surface area contributed by atoms with Crippen molar-refractivity contribution in [2.75, 3.05) is 14.1 Å². The normalized spacial score (nSPS) is 32.8. The number of aliphatic imine (C=N–C) groups is 1. The molecular formula is C12H18N2. The molecule has 2 nitrogen and oxygen atoms in total. The summed E-state index contributed by atoms with van der Waals surface area (Å²) in [6.07, 6.45) is 14.2. The number of nitrogens with one attached hydrogen (secondary N) is 1. The quantitative estimate of drug-likeness (QED) is 0.380. The minimum atomic E-state index is 0.626. The number of hydrogen-bond acceptors (Lipinski definition) is 2. The van der Waals surface area contributed by atoms with E-state index in [2.05, 4.69) is 28.5 Å². The van der Waals surface area contributed by atoms with Gasteiger partial charge < -0.3 is 5.32 Å². The van der Waals surface area contributed by atoms with Gasteiger partial charge in [-0.05, 0) is 38.8 Å². The Morgan fingerprint density at radius 3 is 2.57 bits per heavy atom. The summed E-state index contributed by atoms with van der Waals surface area (Å²) < 4.78 is 0. The van der Waals surface area contributed by atoms with Crippen LogP contribution in [0.2, 0.25) is 0 Å². The molecule has 0 aliphatic heterocycles. The molecule has 1 saturated carbocycles. The second kappa shape index (κ2) is 5.62. The van der Waals surface area contributed by atoms with Gasteiger partial charge in [0, 0.05) is 18.2 Å². The molecule has 2 aliphatic rings. The van der Waals surface area contributed by atoms with Gasteiger partial charge in [0.15, 0.2) is 0 Å². The Morgan fingerprint density at radius 2 is 2.14 bits per heavy atom. The van der Waals surface area contributed by atoms with Crippen molar-refractivity contribution in [3.8, 4) is 12.5 Å². The summed E-state index contributed by atoms with van der Waals surface area (Å²) in [7, 11) is 3.75. The van der Waals surface area contributed by atoms with Gasteiger partial charge in [0.05, 0.1) is 0 Å². The molecule has 2 heteroatoms. The van der Waals surface area contributed by atoms with Crippen molar-refractivity contribution in [2.24, 2.45) is 22.7 Å². The van der Waals surface area contributed by atoms with Crippen LogP contribution in [-0.2, 0) is 0 Å². The maximum atomic E-state index is 5.04. The monoisotopic (exact) mass is 190 g/mol. The van der Waals surface area contributed by atoms with Crippen molar-refractivity contribution >= 4 is 6.21 Å². The molecule has 0 aromatic heterocycles. The summed E-state index contributed by atoms with van der Waals surface area (Å²) in [4.78, 5) is 3.84. The van der Waals surface area contributed by atoms with Crippen molar-refractivity contribution in [1.29, 1.82) is 0 Å². The Morgan fingerprint density at radius 1 is 1.43 bits per heavy atom. The summed E-state index contributed by atoms with van der Waals surface area (Å²) in [6, 6.07) is 2.30. The minimum Gasteiger partial charge on any atom is -0.323 e. The Labute approximate surface area is 86.5 Å². The Bertz CT molecular complexity index is 260. The molecule has 76 valence electrons. The lowest BCUT2D eigenvalue weighted by atomic mass is 9.95. The highest BCUT2D eigenvalue weighted by Crippen LogP contribution is 2.42. The highest BCUT2D eigenvalue weighted by Gasteiger charge is 2.34. The molecule has 2 aliphatic carbocycles. The van der Waals surface area contributed by atoms with Crippen LogP contribution in [0.5, 0.6) is 0 Å². The molecule has 0 saturated heterocycles. The minimum absolute atomic E-state index is 0.626. The van der Waals surface area contributed by atoms with Gasteiger partial charge in [-0.3, -0.25) is 0 Å². The van der Waals surface area contributed by atoms with E-state index in [0.29, 0.717) is 5.92 Å². The van der Waals surface area contributed by atoms with Crippen LogP contribution in [0.1, 0.15) is 12.8 Å². The first kappa shape index (κ1) is 11.0. The van der Waals surface area contributed by atoms with E-state index in [4.69, 9.17) is 6.42 Å². The van der Waals surface area contributed by atoms with Crippen molar-refractivity contribution in [1.82, 2.24) is 5.32 Å². The van der Waals surface area contributed by atoms with Crippen LogP contribution in [0.25, 0.3) is 0 Å². The predicted molar refractivity (Wildman–Crippen MR) is 61.2 cm³/mol. The summed E-state index contributed by atoms with van der Waals surface area (Å²) in [6.45, 7) is 0. The number of nitrogens with zero attached hydrogens (tertiary/aromatic N) is 1. The lowest BCUT2D eigenvalue weighted by Gasteiger charge is -2.10. The van der Waals surface area contributed by atoms with Gasteiger partial charge in [-0.25, -0.2) is 4.99 Å². The second-order valence-corrected chi connectivity index (χ2v) is 3.85. The van der Waals surface area contributed by atoms with Gasteiger partial charge in [-0.1, -0.05) is 18.6 Å². The van der Waals surface area contributed by atoms with Gasteiger partial charge in [0.1, 0.15) is 0 Å². The highest BCUT2D eigenvalue weighted by atomic mass is 14.7. The Kier molecular flexibility index (Phi) is 4.42. The third kappa shape index (κ3) is 2.71. The molecule has 2 rings (SSSR count). The predicted octanol–water partition coefficient (Wildman–Crippen LogP) is 1.70. The molecule has 1 fully saturated rings. The molecule has 3 atom stereocenters. The van der Waals surface area contributed by atoms with Gasteiger partial charge >= 0.3 is 0 Å². The highest BCUT2D eigenvalue weighted by molar-refractivity contribution is 5.64. The van der Waals surface area contributed by atoms with E-state index >= 15 is 0 Å². The topological polar surface area (TPSA) is 24.4 Å². The van der Waals surface area contributed by atoms with Crippen molar-refractivity contribution in [3.63, 3.8) is 0 Å². The lowest BCUT2D eigenvalue weighted by Crippen LogP contribution is -2.07. The van der Waals surface area contributed by atoms with Gasteiger partial charge in [-0.2, -0.15) is 0 Å². The maximum absolute atomic E-state index is 5.04. The van der Waals surface area contributed by atoms with E-state index in [9.17, 15) is 0 Å². The number of fused-ring (bicyclic) bond motifs is 2. The smallest absolute Gasteiger partial charge is 0.0298 e. The SMILES string of the molecule is C#CN=CC1CC2C=CC1C2.CNC. The van der Waals surface area contributed by atoms with Crippen molar-refractivity contribution < 1.29 is 0 Å². The number of terminal acetylenes is 1. The fraction of sp³-hybridized carbons (Fsp3) is 0.583. The van der Waals surface area contributed by atoms with Crippen molar-refractivity contribution in [3.05, 3.63) is 12.2 Å². The van der Waals surface area contributed by atoms with Crippen LogP contribution in [0, 0.1) is 30.2 Å². The van der Waals surface area contributed by atoms with Crippen LogP contribution in [0.3, 0.4) is 0 Å². The van der Waals surface area contributed by atoms with E-state index in [1.54, 1.807) is 0 Å². The lowest BCUT2D eigenvalue weighted by molar-refractivity contribution is 0.595. The molecule has 2 bridgehead atoms. The molecule has 0 aromatic rings. The van der Waals surface area contributed by atoms with E-state index in [-0.39, 0.29) is 0 Å². The third-order valence-corrected chi connectivity index (χ3v) is 2.67. The Balaban J connectivity index is 0.000000293. The summed E-state index contributed by atoms with van der Waals surface area (Å²) >= 11 is 0. The van der Waals surface area contributed by atoms with Crippen molar-refractivity contribution in [2.45, 2.75) is 12.8 Å². The number of hydrogen-bond donors (Lipinski definition) is 1. The van der Waals surface area contributed by atoms with Gasteiger partial charge in [0.25, 0.3) is 0 Å². The van der Waals surface area contributed by atoms with E-state index < -0.39 is 0 Å². The van der Waals surface area contributed by atoms with Gasteiger partial charge in [0.2, 0.25) is 0 Å². The number of rotatable bonds is 1. The zero-order chi connectivity index (χ0) is 10.4. The molecular weight excluding hydrogens is 172 g/mol. The molecule has 14 heavy (non-hydrogen) atoms. The first-order valence-electron chi connectivity index (χ1n) is 5.07. The molecule has 3 unspecified atom stereocenters. The largest absolute Gasteiger partial charge is 0.323 e. The molecule has 0 heterocycles. The fourth-order valence-electron chi connectivity index (χ4n) is 2.13. The fourth-order valence-corrected chi connectivity index (χ4v) is 2.13. The summed E-state index contributed by atoms with van der Waals surface area (Å²) in [5.41, 5.74) is 0. The van der Waals surface area contributed by atoms with Crippen LogP contribution in [-0.4, -0.2) is 20.3 Å². The average molecular weight is 190 g/mol. The van der Waals surface area contributed by atoms with E-state index in [0.717, 1.165) is 11.8 Å². The molecule has 0 amide bonds. The molecule has 0 radical (unpaired) electrons. The summed E-state index contributed by atoms with van der Waals surface area (Å²) in [5, 5.41) is 2.75. The molecule has 1 N–H and O–H groups in total.